The quantitative estimate of drug-likeness (QED) is 0.0880. The average molecular weight is 650 g/mol. The molecule has 5 rings (SSSR count). The first-order chi connectivity index (χ1) is 23.5. The maximum absolute atomic E-state index is 13.3. The van der Waals surface area contributed by atoms with E-state index in [-0.39, 0.29) is 6.61 Å². The van der Waals surface area contributed by atoms with Crippen LogP contribution in [0.5, 0.6) is 0 Å². The minimum absolute atomic E-state index is 0.127. The van der Waals surface area contributed by atoms with Crippen LogP contribution in [0, 0.1) is 17.9 Å². The summed E-state index contributed by atoms with van der Waals surface area (Å²) in [6.45, 7) is 4.41. The fraction of sp³-hybridized carbons (Fsp3) is 0.523. The Labute approximate surface area is 290 Å². The third-order valence-corrected chi connectivity index (χ3v) is 11.0. The lowest BCUT2D eigenvalue weighted by molar-refractivity contribution is 0.0317. The zero-order chi connectivity index (χ0) is 33.6. The molecule has 0 unspecified atom stereocenters. The molecule has 2 fully saturated rings. The molecule has 2 aliphatic rings. The van der Waals surface area contributed by atoms with Gasteiger partial charge >= 0.3 is 11.9 Å². The molecule has 0 atom stereocenters. The molecule has 0 saturated heterocycles. The summed E-state index contributed by atoms with van der Waals surface area (Å²) >= 11 is 0. The summed E-state index contributed by atoms with van der Waals surface area (Å²) < 4.78 is 11.6. The molecule has 2 saturated carbocycles. The zero-order valence-electron chi connectivity index (χ0n) is 29.5. The van der Waals surface area contributed by atoms with Crippen LogP contribution in [0.2, 0.25) is 0 Å². The highest BCUT2D eigenvalue weighted by Crippen LogP contribution is 2.39. The van der Waals surface area contributed by atoms with E-state index in [0.29, 0.717) is 34.6 Å². The van der Waals surface area contributed by atoms with Crippen LogP contribution in [-0.4, -0.2) is 18.5 Å². The van der Waals surface area contributed by atoms with Crippen molar-refractivity contribution in [2.24, 2.45) is 11.8 Å². The van der Waals surface area contributed by atoms with Crippen LogP contribution in [-0.2, 0) is 9.47 Å². The van der Waals surface area contributed by atoms with Crippen molar-refractivity contribution in [1.82, 2.24) is 0 Å². The topological polar surface area (TPSA) is 52.6 Å². The lowest BCUT2D eigenvalue weighted by Crippen LogP contribution is -2.20. The molecule has 48 heavy (non-hydrogen) atoms. The van der Waals surface area contributed by atoms with E-state index in [1.165, 1.54) is 114 Å². The second-order valence-electron chi connectivity index (χ2n) is 14.4. The van der Waals surface area contributed by atoms with Gasteiger partial charge in [-0.2, -0.15) is 12.1 Å². The normalized spacial score (nSPS) is 21.0. The summed E-state index contributed by atoms with van der Waals surface area (Å²) in [7, 11) is 0. The van der Waals surface area contributed by atoms with Gasteiger partial charge in [-0.25, -0.2) is 9.59 Å². The molecule has 258 valence electrons. The summed E-state index contributed by atoms with van der Waals surface area (Å²) in [6, 6.07) is 25.3. The Hall–Kier alpha value is -3.53. The van der Waals surface area contributed by atoms with Crippen molar-refractivity contribution < 1.29 is 19.1 Å². The van der Waals surface area contributed by atoms with Crippen molar-refractivity contribution in [2.75, 3.05) is 6.61 Å². The van der Waals surface area contributed by atoms with Crippen molar-refractivity contribution >= 4 is 11.9 Å². The number of carbonyl (C=O) groups is 2. The van der Waals surface area contributed by atoms with Gasteiger partial charge in [-0.05, 0) is 110 Å². The van der Waals surface area contributed by atoms with Crippen molar-refractivity contribution in [3.8, 4) is 0 Å². The molecule has 4 heteroatoms. The van der Waals surface area contributed by atoms with Gasteiger partial charge in [-0.3, -0.25) is 0 Å². The third kappa shape index (κ3) is 10.5. The second kappa shape index (κ2) is 18.9. The first-order valence-electron chi connectivity index (χ1n) is 19.0. The Balaban J connectivity index is 1.12. The molecule has 0 heterocycles. The van der Waals surface area contributed by atoms with Crippen LogP contribution >= 0.6 is 0 Å². The highest BCUT2D eigenvalue weighted by Gasteiger charge is 2.24. The Morgan fingerprint density at radius 1 is 0.583 bits per heavy atom. The molecule has 0 aliphatic heterocycles. The van der Waals surface area contributed by atoms with Gasteiger partial charge in [0.05, 0.1) is 11.1 Å². The largest absolute Gasteiger partial charge is 0.487 e. The van der Waals surface area contributed by atoms with Gasteiger partial charge in [-0.1, -0.05) is 95.5 Å². The van der Waals surface area contributed by atoms with Crippen LogP contribution in [0.1, 0.15) is 166 Å². The SMILES string of the molecule is CCCCCC1CCC(c2ccc(C(=O)OC[C-](OC(=O)c3ccc(C4CCC(CCCCC)CC4)cc3)c3ccccc3)cc2)CC1. The number of esters is 2. The van der Waals surface area contributed by atoms with Crippen LogP contribution < -0.4 is 0 Å². The molecular formula is C44H57O4-. The van der Waals surface area contributed by atoms with Crippen molar-refractivity contribution in [1.29, 1.82) is 0 Å². The summed E-state index contributed by atoms with van der Waals surface area (Å²) in [5.74, 6) is 2.01. The summed E-state index contributed by atoms with van der Waals surface area (Å²) in [6.07, 6.45) is 21.2. The van der Waals surface area contributed by atoms with Gasteiger partial charge < -0.3 is 9.47 Å². The molecule has 0 radical (unpaired) electrons. The van der Waals surface area contributed by atoms with E-state index in [0.717, 1.165) is 11.8 Å². The molecule has 0 aromatic heterocycles. The van der Waals surface area contributed by atoms with E-state index in [4.69, 9.17) is 9.47 Å². The van der Waals surface area contributed by atoms with Crippen LogP contribution in [0.15, 0.2) is 78.9 Å². The van der Waals surface area contributed by atoms with E-state index >= 15 is 0 Å². The molecule has 3 aromatic rings. The van der Waals surface area contributed by atoms with E-state index in [1.54, 1.807) is 0 Å². The van der Waals surface area contributed by atoms with Gasteiger partial charge in [0.1, 0.15) is 6.61 Å². The molecule has 3 aromatic carbocycles. The maximum Gasteiger partial charge on any atom is 0.337 e. The molecule has 2 aliphatic carbocycles. The smallest absolute Gasteiger partial charge is 0.337 e. The number of hydrogen-bond acceptors (Lipinski definition) is 4. The Bertz CT molecular complexity index is 1360. The molecule has 4 nitrogen and oxygen atoms in total. The van der Waals surface area contributed by atoms with Crippen molar-refractivity contribution in [3.63, 3.8) is 0 Å². The Kier molecular flexibility index (Phi) is 14.1. The number of ether oxygens (including phenoxy) is 2. The van der Waals surface area contributed by atoms with E-state index in [1.807, 2.05) is 54.6 Å². The molecule has 0 N–H and O–H groups in total. The maximum atomic E-state index is 13.3. The molecule has 0 spiro atoms. The van der Waals surface area contributed by atoms with Crippen molar-refractivity contribution in [3.05, 3.63) is 113 Å². The molecule has 0 bridgehead atoms. The minimum atomic E-state index is -0.444. The molecule has 0 amide bonds. The Morgan fingerprint density at radius 2 is 1.04 bits per heavy atom. The number of rotatable bonds is 16. The predicted molar refractivity (Wildman–Crippen MR) is 195 cm³/mol. The van der Waals surface area contributed by atoms with E-state index in [9.17, 15) is 9.59 Å². The lowest BCUT2D eigenvalue weighted by Gasteiger charge is -2.29. The van der Waals surface area contributed by atoms with E-state index < -0.39 is 11.9 Å². The van der Waals surface area contributed by atoms with E-state index in [2.05, 4.69) is 38.1 Å². The number of unbranched alkanes of at least 4 members (excludes halogenated alkanes) is 4. The number of benzene rings is 3. The lowest BCUT2D eigenvalue weighted by atomic mass is 9.77. The summed E-state index contributed by atoms with van der Waals surface area (Å²) in [5.41, 5.74) is 4.34. The van der Waals surface area contributed by atoms with Gasteiger partial charge in [0.2, 0.25) is 0 Å². The van der Waals surface area contributed by atoms with Gasteiger partial charge in [0.25, 0.3) is 0 Å². The number of hydrogen-bond donors (Lipinski definition) is 0. The third-order valence-electron chi connectivity index (χ3n) is 11.0. The average Bonchev–Trinajstić information content (AvgIpc) is 3.14. The zero-order valence-corrected chi connectivity index (χ0v) is 29.5. The monoisotopic (exact) mass is 649 g/mol. The van der Waals surface area contributed by atoms with Crippen molar-refractivity contribution in [2.45, 2.75) is 128 Å². The fourth-order valence-corrected chi connectivity index (χ4v) is 7.90. The van der Waals surface area contributed by atoms with Gasteiger partial charge in [0, 0.05) is 6.10 Å². The predicted octanol–water partition coefficient (Wildman–Crippen LogP) is 12.0. The second-order valence-corrected chi connectivity index (χ2v) is 14.4. The minimum Gasteiger partial charge on any atom is -0.487 e. The first-order valence-corrected chi connectivity index (χ1v) is 19.0. The van der Waals surface area contributed by atoms with Crippen LogP contribution in [0.4, 0.5) is 0 Å². The highest BCUT2D eigenvalue weighted by atomic mass is 16.6. The summed E-state index contributed by atoms with van der Waals surface area (Å²) in [5, 5.41) is 0. The van der Waals surface area contributed by atoms with Gasteiger partial charge in [0.15, 0.2) is 0 Å². The Morgan fingerprint density at radius 3 is 1.50 bits per heavy atom. The highest BCUT2D eigenvalue weighted by molar-refractivity contribution is 5.91. The van der Waals surface area contributed by atoms with Gasteiger partial charge in [-0.15, -0.1) is 17.7 Å². The number of carbonyl (C=O) groups excluding carboxylic acids is 2. The van der Waals surface area contributed by atoms with Crippen LogP contribution in [0.25, 0.3) is 0 Å². The summed E-state index contributed by atoms with van der Waals surface area (Å²) in [4.78, 5) is 26.4. The standard InChI is InChI=1S/C44H57O4/c1-3-5-8-12-33-16-20-35(21-17-33)37-24-28-40(29-25-37)43(45)47-32-42(39-14-10-7-11-15-39)48-44(46)41-30-26-38(27-31-41)36-22-18-34(19-23-36)13-9-6-4-2/h7,10-11,14-15,24-31,33-36H,3-6,8-9,12-13,16-23,32H2,1-2H3/q-1. The first kappa shape index (κ1) is 35.8. The fourth-order valence-electron chi connectivity index (χ4n) is 7.90. The van der Waals surface area contributed by atoms with Crippen LogP contribution in [0.3, 0.4) is 0 Å². The molecular weight excluding hydrogens is 592 g/mol.